The van der Waals surface area contributed by atoms with Crippen LogP contribution in [0.4, 0.5) is 5.69 Å². The first-order valence-corrected chi connectivity index (χ1v) is 8.15. The fraction of sp³-hybridized carbons (Fsp3) is 0.353. The van der Waals surface area contributed by atoms with Gasteiger partial charge in [-0.25, -0.2) is 0 Å². The molecule has 0 bridgehead atoms. The molecule has 1 aromatic carbocycles. The van der Waals surface area contributed by atoms with Gasteiger partial charge >= 0.3 is 0 Å². The maximum Gasteiger partial charge on any atom is 0.0848 e. The van der Waals surface area contributed by atoms with Crippen LogP contribution in [0.5, 0.6) is 0 Å². The van der Waals surface area contributed by atoms with Crippen LogP contribution in [0, 0.1) is 0 Å². The van der Waals surface area contributed by atoms with Gasteiger partial charge in [-0.2, -0.15) is 0 Å². The van der Waals surface area contributed by atoms with Crippen molar-refractivity contribution in [3.05, 3.63) is 52.3 Å². The van der Waals surface area contributed by atoms with E-state index in [4.69, 9.17) is 23.2 Å². The van der Waals surface area contributed by atoms with Crippen molar-refractivity contribution in [3.8, 4) is 0 Å². The molecule has 0 saturated heterocycles. The number of aliphatic imine (C=N–C) groups is 1. The lowest BCUT2D eigenvalue weighted by molar-refractivity contribution is 0.354. The molecule has 21 heavy (non-hydrogen) atoms. The van der Waals surface area contributed by atoms with Gasteiger partial charge in [-0.05, 0) is 31.0 Å². The van der Waals surface area contributed by atoms with Crippen molar-refractivity contribution in [1.29, 1.82) is 0 Å². The molecule has 2 nitrogen and oxygen atoms in total. The van der Waals surface area contributed by atoms with Gasteiger partial charge in [0.05, 0.1) is 15.7 Å². The molecule has 110 valence electrons. The zero-order chi connectivity index (χ0) is 14.7. The molecule has 0 spiro atoms. The van der Waals surface area contributed by atoms with Crippen molar-refractivity contribution in [3.63, 3.8) is 0 Å². The number of hydrogen-bond acceptors (Lipinski definition) is 1. The molecular weight excluding hydrogens is 303 g/mol. The number of benzene rings is 1. The van der Waals surface area contributed by atoms with E-state index in [0.717, 1.165) is 5.56 Å². The van der Waals surface area contributed by atoms with Crippen molar-refractivity contribution < 1.29 is 0 Å². The highest BCUT2D eigenvalue weighted by molar-refractivity contribution is 6.43. The molecule has 4 heteroatoms. The topological polar surface area (TPSA) is 17.3 Å². The number of halogens is 2. The second kappa shape index (κ2) is 6.67. The Hall–Kier alpha value is -1.25. The van der Waals surface area contributed by atoms with E-state index in [-0.39, 0.29) is 0 Å². The molecule has 1 aromatic heterocycles. The average Bonchev–Trinajstić information content (AvgIpc) is 2.99. The molecule has 1 heterocycles. The van der Waals surface area contributed by atoms with E-state index in [9.17, 15) is 0 Å². The molecule has 0 radical (unpaired) electrons. The first-order valence-electron chi connectivity index (χ1n) is 7.39. The van der Waals surface area contributed by atoms with Crippen LogP contribution < -0.4 is 0 Å². The van der Waals surface area contributed by atoms with Crippen LogP contribution in [0.15, 0.2) is 41.7 Å². The minimum Gasteiger partial charge on any atom is -0.351 e. The normalized spacial score (nSPS) is 16.7. The van der Waals surface area contributed by atoms with Gasteiger partial charge in [0.2, 0.25) is 0 Å². The summed E-state index contributed by atoms with van der Waals surface area (Å²) in [5.41, 5.74) is 1.80. The second-order valence-corrected chi connectivity index (χ2v) is 6.30. The van der Waals surface area contributed by atoms with Gasteiger partial charge in [0.15, 0.2) is 0 Å². The van der Waals surface area contributed by atoms with Crippen LogP contribution in [-0.4, -0.2) is 10.8 Å². The summed E-state index contributed by atoms with van der Waals surface area (Å²) in [7, 11) is 0. The van der Waals surface area contributed by atoms with Crippen LogP contribution in [0.2, 0.25) is 10.0 Å². The lowest BCUT2D eigenvalue weighted by atomic mass is 9.95. The van der Waals surface area contributed by atoms with Crippen LogP contribution in [0.1, 0.15) is 43.7 Å². The largest absolute Gasteiger partial charge is 0.351 e. The molecule has 0 aliphatic heterocycles. The Kier molecular flexibility index (Phi) is 4.67. The van der Waals surface area contributed by atoms with Crippen LogP contribution in [0.3, 0.4) is 0 Å². The molecule has 1 saturated carbocycles. The number of aromatic nitrogens is 1. The third-order valence-electron chi connectivity index (χ3n) is 4.02. The zero-order valence-electron chi connectivity index (χ0n) is 11.8. The minimum absolute atomic E-state index is 0.502. The lowest BCUT2D eigenvalue weighted by Crippen LogP contribution is -2.10. The zero-order valence-corrected chi connectivity index (χ0v) is 13.3. The summed E-state index contributed by atoms with van der Waals surface area (Å²) in [5.74, 6) is 0. The van der Waals surface area contributed by atoms with Crippen LogP contribution >= 0.6 is 23.2 Å². The second-order valence-electron chi connectivity index (χ2n) is 5.52. The van der Waals surface area contributed by atoms with E-state index < -0.39 is 0 Å². The van der Waals surface area contributed by atoms with E-state index in [1.807, 2.05) is 18.3 Å². The van der Waals surface area contributed by atoms with Crippen molar-refractivity contribution in [2.75, 3.05) is 0 Å². The molecule has 0 amide bonds. The van der Waals surface area contributed by atoms with E-state index in [0.29, 0.717) is 21.8 Å². The highest BCUT2D eigenvalue weighted by atomic mass is 35.5. The maximum absolute atomic E-state index is 6.14. The number of rotatable bonds is 3. The van der Waals surface area contributed by atoms with E-state index in [1.54, 1.807) is 6.07 Å². The Balaban J connectivity index is 1.74. The monoisotopic (exact) mass is 320 g/mol. The third-order valence-corrected chi connectivity index (χ3v) is 4.83. The van der Waals surface area contributed by atoms with E-state index >= 15 is 0 Å². The van der Waals surface area contributed by atoms with Gasteiger partial charge in [0.25, 0.3) is 0 Å². The Morgan fingerprint density at radius 2 is 1.90 bits per heavy atom. The molecular formula is C17H18Cl2N2. The quantitative estimate of drug-likeness (QED) is 0.612. The Morgan fingerprint density at radius 3 is 2.71 bits per heavy atom. The predicted octanol–water partition coefficient (Wildman–Crippen LogP) is 6.05. The van der Waals surface area contributed by atoms with Gasteiger partial charge < -0.3 is 4.57 Å². The summed E-state index contributed by atoms with van der Waals surface area (Å²) >= 11 is 12.1. The highest BCUT2D eigenvalue weighted by Gasteiger charge is 2.14. The van der Waals surface area contributed by atoms with Crippen molar-refractivity contribution in [1.82, 2.24) is 4.57 Å². The fourth-order valence-corrected chi connectivity index (χ4v) is 3.19. The average molecular weight is 321 g/mol. The molecule has 0 atom stereocenters. The van der Waals surface area contributed by atoms with Crippen molar-refractivity contribution in [2.24, 2.45) is 4.99 Å². The first-order chi connectivity index (χ1) is 10.2. The SMILES string of the molecule is Clc1cccc(N=Cc2ccn(C3CCCCC3)c2)c1Cl. The molecule has 1 aliphatic carbocycles. The summed E-state index contributed by atoms with van der Waals surface area (Å²) in [4.78, 5) is 4.44. The summed E-state index contributed by atoms with van der Waals surface area (Å²) in [5, 5.41) is 1.04. The molecule has 0 N–H and O–H groups in total. The molecule has 1 fully saturated rings. The van der Waals surface area contributed by atoms with Crippen molar-refractivity contribution >= 4 is 35.1 Å². The standard InChI is InChI=1S/C17H18Cl2N2/c18-15-7-4-8-16(17(15)19)20-11-13-9-10-21(12-13)14-5-2-1-3-6-14/h4,7-12,14H,1-3,5-6H2. The molecule has 2 aromatic rings. The van der Waals surface area contributed by atoms with Crippen LogP contribution in [-0.2, 0) is 0 Å². The maximum atomic E-state index is 6.14. The highest BCUT2D eigenvalue weighted by Crippen LogP contribution is 2.32. The summed E-state index contributed by atoms with van der Waals surface area (Å²) in [6, 6.07) is 8.23. The fourth-order valence-electron chi connectivity index (χ4n) is 2.85. The van der Waals surface area contributed by atoms with Crippen LogP contribution in [0.25, 0.3) is 0 Å². The van der Waals surface area contributed by atoms with Gasteiger partial charge in [-0.1, -0.05) is 48.5 Å². The summed E-state index contributed by atoms with van der Waals surface area (Å²) in [6.45, 7) is 0. The predicted molar refractivity (Wildman–Crippen MR) is 90.3 cm³/mol. The Morgan fingerprint density at radius 1 is 1.10 bits per heavy atom. The number of hydrogen-bond donors (Lipinski definition) is 0. The molecule has 3 rings (SSSR count). The minimum atomic E-state index is 0.502. The first kappa shape index (κ1) is 14.7. The van der Waals surface area contributed by atoms with Gasteiger partial charge in [0, 0.05) is 30.2 Å². The summed E-state index contributed by atoms with van der Waals surface area (Å²) in [6.07, 6.45) is 12.8. The van der Waals surface area contributed by atoms with Gasteiger partial charge in [0.1, 0.15) is 0 Å². The van der Waals surface area contributed by atoms with Gasteiger partial charge in [-0.15, -0.1) is 0 Å². The smallest absolute Gasteiger partial charge is 0.0848 e. The van der Waals surface area contributed by atoms with Gasteiger partial charge in [-0.3, -0.25) is 4.99 Å². The van der Waals surface area contributed by atoms with Crippen molar-refractivity contribution in [2.45, 2.75) is 38.1 Å². The number of nitrogens with zero attached hydrogens (tertiary/aromatic N) is 2. The third kappa shape index (κ3) is 3.50. The Labute approximate surface area is 135 Å². The van der Waals surface area contributed by atoms with E-state index in [1.165, 1.54) is 32.1 Å². The Bertz CT molecular complexity index is 640. The van der Waals surface area contributed by atoms with E-state index in [2.05, 4.69) is 28.0 Å². The summed E-state index contributed by atoms with van der Waals surface area (Å²) < 4.78 is 2.32. The molecule has 1 aliphatic rings. The lowest BCUT2D eigenvalue weighted by Gasteiger charge is -2.23. The molecule has 0 unspecified atom stereocenters.